The van der Waals surface area contributed by atoms with E-state index in [-0.39, 0.29) is 0 Å². The minimum absolute atomic E-state index is 0.583. The van der Waals surface area contributed by atoms with Crippen molar-refractivity contribution in [1.29, 1.82) is 0 Å². The third-order valence-electron chi connectivity index (χ3n) is 4.17. The number of aryl methyl sites for hydroxylation is 2. The second-order valence-corrected chi connectivity index (χ2v) is 8.39. The molecule has 3 aromatic carbocycles. The Kier molecular flexibility index (Phi) is 6.69. The number of hydrogen-bond donors (Lipinski definition) is 0. The zero-order chi connectivity index (χ0) is 19.4. The molecule has 3 rings (SSSR count). The lowest BCUT2D eigenvalue weighted by atomic mass is 10.0. The van der Waals surface area contributed by atoms with Crippen molar-refractivity contribution in [2.75, 3.05) is 11.1 Å². The minimum atomic E-state index is -0.616. The molecule has 0 atom stereocenters. The fraction of sp³-hybridized carbons (Fsp3) is 0.182. The summed E-state index contributed by atoms with van der Waals surface area (Å²) in [6.07, 6.45) is 0.583. The molecular weight excluding hydrogens is 400 g/mol. The molecule has 5 heteroatoms. The van der Waals surface area contributed by atoms with Crippen LogP contribution < -0.4 is 4.31 Å². The quantitative estimate of drug-likeness (QED) is 0.298. The van der Waals surface area contributed by atoms with Crippen LogP contribution in [0.2, 0.25) is 10.0 Å². The highest BCUT2D eigenvalue weighted by molar-refractivity contribution is 8.00. The van der Waals surface area contributed by atoms with E-state index in [9.17, 15) is 4.39 Å². The summed E-state index contributed by atoms with van der Waals surface area (Å²) in [5.41, 5.74) is 5.03. The lowest BCUT2D eigenvalue weighted by molar-refractivity contribution is 0.515. The van der Waals surface area contributed by atoms with Gasteiger partial charge in [0.2, 0.25) is 0 Å². The number of rotatable bonds is 6. The van der Waals surface area contributed by atoms with Crippen molar-refractivity contribution in [2.45, 2.75) is 25.2 Å². The van der Waals surface area contributed by atoms with Crippen LogP contribution in [0.25, 0.3) is 0 Å². The molecule has 0 spiro atoms. The molecule has 0 bridgehead atoms. The monoisotopic (exact) mass is 419 g/mol. The highest BCUT2D eigenvalue weighted by Gasteiger charge is 2.15. The predicted molar refractivity (Wildman–Crippen MR) is 116 cm³/mol. The van der Waals surface area contributed by atoms with Crippen molar-refractivity contribution >= 4 is 40.8 Å². The first-order valence-corrected chi connectivity index (χ1v) is 10.1. The maximum absolute atomic E-state index is 14.0. The Bertz CT molecular complexity index is 925. The van der Waals surface area contributed by atoms with E-state index in [1.807, 2.05) is 50.2 Å². The minimum Gasteiger partial charge on any atom is -0.282 e. The smallest absolute Gasteiger partial charge is 0.171 e. The Labute approximate surface area is 174 Å². The van der Waals surface area contributed by atoms with Crippen LogP contribution in [0.15, 0.2) is 65.6 Å². The zero-order valence-electron chi connectivity index (χ0n) is 15.2. The molecule has 0 unspecified atom stereocenters. The van der Waals surface area contributed by atoms with Gasteiger partial charge in [-0.1, -0.05) is 47.5 Å². The largest absolute Gasteiger partial charge is 0.282 e. The van der Waals surface area contributed by atoms with E-state index in [0.29, 0.717) is 16.5 Å². The second kappa shape index (κ2) is 9.01. The van der Waals surface area contributed by atoms with Gasteiger partial charge < -0.3 is 0 Å². The Morgan fingerprint density at radius 1 is 0.889 bits per heavy atom. The summed E-state index contributed by atoms with van der Waals surface area (Å²) in [6.45, 7) is 3.47. The van der Waals surface area contributed by atoms with Gasteiger partial charge in [-0.15, -0.1) is 0 Å². The van der Waals surface area contributed by atoms with Crippen molar-refractivity contribution < 1.29 is 4.39 Å². The topological polar surface area (TPSA) is 3.24 Å². The first-order valence-electron chi connectivity index (χ1n) is 8.58. The van der Waals surface area contributed by atoms with Gasteiger partial charge in [0.15, 0.2) is 6.80 Å². The van der Waals surface area contributed by atoms with Crippen LogP contribution >= 0.6 is 35.1 Å². The molecule has 3 aromatic rings. The van der Waals surface area contributed by atoms with Gasteiger partial charge in [-0.3, -0.25) is 4.31 Å². The molecule has 140 valence electrons. The average molecular weight is 420 g/mol. The maximum Gasteiger partial charge on any atom is 0.171 e. The lowest BCUT2D eigenvalue weighted by Gasteiger charge is -2.23. The standard InChI is InChI=1S/C22H20Cl2FNS/c1-15-9-16(2)11-20(10-15)27-26(14-25)22-8-7-19(23)13-18(22)12-17-5-3-4-6-21(17)24/h3-11,13H,12,14H2,1-2H3. The highest BCUT2D eigenvalue weighted by atomic mass is 35.5. The Morgan fingerprint density at radius 3 is 2.26 bits per heavy atom. The van der Waals surface area contributed by atoms with Crippen molar-refractivity contribution in [1.82, 2.24) is 0 Å². The van der Waals surface area contributed by atoms with Crippen LogP contribution in [0.4, 0.5) is 10.1 Å². The average Bonchev–Trinajstić information content (AvgIpc) is 2.61. The van der Waals surface area contributed by atoms with Crippen LogP contribution in [-0.4, -0.2) is 6.80 Å². The molecule has 0 fully saturated rings. The number of alkyl halides is 1. The van der Waals surface area contributed by atoms with Gasteiger partial charge in [-0.2, -0.15) is 0 Å². The molecule has 0 radical (unpaired) electrons. The van der Waals surface area contributed by atoms with E-state index >= 15 is 0 Å². The van der Waals surface area contributed by atoms with E-state index in [0.717, 1.165) is 32.8 Å². The van der Waals surface area contributed by atoms with Crippen LogP contribution in [0, 0.1) is 13.8 Å². The number of hydrogen-bond acceptors (Lipinski definition) is 2. The van der Waals surface area contributed by atoms with Gasteiger partial charge in [-0.05, 0) is 84.4 Å². The van der Waals surface area contributed by atoms with Crippen molar-refractivity contribution in [2.24, 2.45) is 0 Å². The predicted octanol–water partition coefficient (Wildman–Crippen LogP) is 7.64. The molecule has 0 aromatic heterocycles. The Hall–Kier alpha value is -1.68. The molecule has 0 amide bonds. The molecule has 0 saturated carbocycles. The summed E-state index contributed by atoms with van der Waals surface area (Å²) >= 11 is 13.9. The van der Waals surface area contributed by atoms with E-state index in [1.165, 1.54) is 11.9 Å². The van der Waals surface area contributed by atoms with Gasteiger partial charge >= 0.3 is 0 Å². The van der Waals surface area contributed by atoms with Crippen molar-refractivity contribution in [3.63, 3.8) is 0 Å². The van der Waals surface area contributed by atoms with E-state index in [1.54, 1.807) is 10.4 Å². The molecule has 27 heavy (non-hydrogen) atoms. The third-order valence-corrected chi connectivity index (χ3v) is 5.73. The van der Waals surface area contributed by atoms with Crippen molar-refractivity contribution in [3.05, 3.63) is 93.0 Å². The normalized spacial score (nSPS) is 10.9. The first kappa shape index (κ1) is 20.1. The number of nitrogens with zero attached hydrogens (tertiary/aromatic N) is 1. The molecule has 0 aliphatic carbocycles. The zero-order valence-corrected chi connectivity index (χ0v) is 17.5. The molecule has 1 nitrogen and oxygen atoms in total. The lowest BCUT2D eigenvalue weighted by Crippen LogP contribution is -2.14. The summed E-state index contributed by atoms with van der Waals surface area (Å²) in [7, 11) is 0. The second-order valence-electron chi connectivity index (χ2n) is 6.45. The summed E-state index contributed by atoms with van der Waals surface area (Å²) < 4.78 is 15.6. The molecule has 0 aliphatic heterocycles. The summed E-state index contributed by atoms with van der Waals surface area (Å²) in [4.78, 5) is 1.00. The third kappa shape index (κ3) is 5.19. The van der Waals surface area contributed by atoms with Crippen LogP contribution in [0.5, 0.6) is 0 Å². The fourth-order valence-electron chi connectivity index (χ4n) is 3.04. The molecule has 0 aliphatic rings. The van der Waals surface area contributed by atoms with Crippen molar-refractivity contribution in [3.8, 4) is 0 Å². The molecule has 0 N–H and O–H groups in total. The Balaban J connectivity index is 1.95. The van der Waals surface area contributed by atoms with Gasteiger partial charge in [0, 0.05) is 21.4 Å². The van der Waals surface area contributed by atoms with E-state index in [4.69, 9.17) is 23.2 Å². The number of anilines is 1. The Morgan fingerprint density at radius 2 is 1.59 bits per heavy atom. The molecule has 0 heterocycles. The maximum atomic E-state index is 14.0. The summed E-state index contributed by atoms with van der Waals surface area (Å²) in [5, 5.41) is 1.31. The summed E-state index contributed by atoms with van der Waals surface area (Å²) in [5.74, 6) is 0. The fourth-order valence-corrected chi connectivity index (χ4v) is 4.49. The van der Waals surface area contributed by atoms with Crippen LogP contribution in [0.1, 0.15) is 22.3 Å². The van der Waals surface area contributed by atoms with Crippen LogP contribution in [-0.2, 0) is 6.42 Å². The van der Waals surface area contributed by atoms with Gasteiger partial charge in [0.1, 0.15) is 0 Å². The first-order chi connectivity index (χ1) is 13.0. The summed E-state index contributed by atoms with van der Waals surface area (Å²) in [6, 6.07) is 19.4. The van der Waals surface area contributed by atoms with Gasteiger partial charge in [0.05, 0.1) is 5.69 Å². The SMILES string of the molecule is Cc1cc(C)cc(SN(CF)c2ccc(Cl)cc2Cc2ccccc2Cl)c1. The van der Waals surface area contributed by atoms with Crippen LogP contribution in [0.3, 0.4) is 0 Å². The van der Waals surface area contributed by atoms with E-state index in [2.05, 4.69) is 18.2 Å². The number of benzene rings is 3. The highest BCUT2D eigenvalue weighted by Crippen LogP contribution is 2.35. The van der Waals surface area contributed by atoms with Gasteiger partial charge in [-0.25, -0.2) is 4.39 Å². The number of halogens is 3. The molecular formula is C22H20Cl2FNS. The molecule has 0 saturated heterocycles. The van der Waals surface area contributed by atoms with Gasteiger partial charge in [0.25, 0.3) is 0 Å². The van der Waals surface area contributed by atoms with E-state index < -0.39 is 6.80 Å².